The molecule has 81 heavy (non-hydrogen) atoms. The second-order valence-electron chi connectivity index (χ2n) is 23.5. The van der Waals surface area contributed by atoms with Crippen LogP contribution in [-0.4, -0.2) is 150 Å². The summed E-state index contributed by atoms with van der Waals surface area (Å²) in [7, 11) is 3.37. The molecule has 7 aliphatic heterocycles. The number of aryl methyl sites for hydroxylation is 2. The van der Waals surface area contributed by atoms with Crippen LogP contribution in [0, 0.1) is 29.3 Å². The molecule has 0 aliphatic carbocycles. The smallest absolute Gasteiger partial charge is 0.409 e. The number of hydrogen-bond donors (Lipinski definition) is 1. The number of likely N-dealkylation sites (tertiary alicyclic amines) is 1. The van der Waals surface area contributed by atoms with Gasteiger partial charge in [0.15, 0.2) is 24.2 Å². The van der Waals surface area contributed by atoms with Crippen molar-refractivity contribution in [2.75, 3.05) is 89.4 Å². The van der Waals surface area contributed by atoms with E-state index < -0.39 is 23.4 Å². The number of hydrogen-bond acceptors (Lipinski definition) is 15. The minimum Gasteiger partial charge on any atom is -0.468 e. The number of amides is 3. The number of nitrogens with one attached hydrogen (secondary N) is 1. The van der Waals surface area contributed by atoms with Crippen molar-refractivity contribution in [2.24, 2.45) is 18.9 Å². The molecule has 1 N–H and O–H groups in total. The number of ether oxygens (including phenoxy) is 5. The first kappa shape index (κ1) is 53.5. The van der Waals surface area contributed by atoms with Crippen molar-refractivity contribution in [1.82, 2.24) is 39.8 Å². The number of rotatable bonds is 13. The standard InChI is InChI=1S/C60H69F3N10O8/c1-69-47-29-38(6-8-42(47)53(68-69)43-9-12-48(74)65-57(43)75)70-22-14-35(15-23-70)27-36-16-24-71(25-17-36)59(76)79-32-40-13-19-60(18-3-21-73(40)60)33-80-58-66-55-50-46(11-7-39-31-78-26-4-20-72(39)56(50)67-58)64-54(52(55)63)44-30-41(81-34-77-2)28-37-5-10-45(61)51(62)49(37)44/h5-6,8,10,28-30,35-36,39-40,43H,3-4,7,9,11-27,31-34H2,1-2H3,(H,65,74,75)/t39-,40-,43?,60-/m0/s1. The van der Waals surface area contributed by atoms with Crippen molar-refractivity contribution in [3.05, 3.63) is 71.3 Å². The molecule has 3 amide bonds. The lowest BCUT2D eigenvalue weighted by atomic mass is 9.83. The number of aromatic nitrogens is 5. The third-order valence-electron chi connectivity index (χ3n) is 18.7. The molecular formula is C60H69F3N10O8. The zero-order valence-electron chi connectivity index (χ0n) is 46.0. The average molecular weight is 1120 g/mol. The molecular weight excluding hydrogens is 1050 g/mol. The second kappa shape index (κ2) is 22.1. The number of anilines is 2. The highest BCUT2D eigenvalue weighted by molar-refractivity contribution is 6.03. The van der Waals surface area contributed by atoms with Crippen LogP contribution in [-0.2, 0) is 37.3 Å². The SMILES string of the molecule is COCOc1cc(-c2nc3c4c(nc(OC[C@@]56CCCN5[C@H](COC(=O)N5CCC(CC7CCN(c8ccc9c(C%10CCC(=O)NC%10=O)nn(C)c9c8)CC7)CC5)CC6)nc4c2F)N2CCCOC[C@@H]2CC3)c2c(F)c(F)ccc2c1. The van der Waals surface area contributed by atoms with E-state index in [1.165, 1.54) is 19.2 Å². The summed E-state index contributed by atoms with van der Waals surface area (Å²) in [6, 6.07) is 11.8. The largest absolute Gasteiger partial charge is 0.468 e. The number of piperidine rings is 3. The Balaban J connectivity index is 0.644. The van der Waals surface area contributed by atoms with Gasteiger partial charge >= 0.3 is 12.1 Å². The Kier molecular flexibility index (Phi) is 14.6. The summed E-state index contributed by atoms with van der Waals surface area (Å²) in [4.78, 5) is 61.7. The van der Waals surface area contributed by atoms with E-state index in [-0.39, 0.29) is 89.5 Å². The predicted molar refractivity (Wildman–Crippen MR) is 296 cm³/mol. The van der Waals surface area contributed by atoms with E-state index in [9.17, 15) is 18.8 Å². The molecule has 10 heterocycles. The van der Waals surface area contributed by atoms with Crippen molar-refractivity contribution in [3.63, 3.8) is 0 Å². The van der Waals surface area contributed by atoms with Gasteiger partial charge in [-0.2, -0.15) is 15.1 Å². The number of imide groups is 1. The van der Waals surface area contributed by atoms with Crippen LogP contribution in [0.5, 0.6) is 11.8 Å². The summed E-state index contributed by atoms with van der Waals surface area (Å²) in [5.74, 6) is -1.98. The van der Waals surface area contributed by atoms with Gasteiger partial charge in [-0.15, -0.1) is 0 Å². The van der Waals surface area contributed by atoms with Crippen molar-refractivity contribution < 1.29 is 51.2 Å². The first-order chi connectivity index (χ1) is 39.4. The first-order valence-electron chi connectivity index (χ1n) is 29.1. The van der Waals surface area contributed by atoms with Gasteiger partial charge < -0.3 is 38.4 Å². The van der Waals surface area contributed by atoms with Crippen LogP contribution in [0.15, 0.2) is 42.5 Å². The normalized spacial score (nSPS) is 23.9. The fraction of sp³-hybridized carbons (Fsp3) is 0.550. The predicted octanol–water partition coefficient (Wildman–Crippen LogP) is 8.72. The Morgan fingerprint density at radius 2 is 1.67 bits per heavy atom. The topological polar surface area (TPSA) is 179 Å². The maximum atomic E-state index is 17.6. The van der Waals surface area contributed by atoms with E-state index in [0.717, 1.165) is 112 Å². The number of carbonyl (C=O) groups is 3. The summed E-state index contributed by atoms with van der Waals surface area (Å²) < 4.78 is 79.9. The zero-order valence-corrected chi connectivity index (χ0v) is 46.0. The van der Waals surface area contributed by atoms with Gasteiger partial charge in [-0.3, -0.25) is 24.5 Å². The molecule has 1 unspecified atom stereocenters. The van der Waals surface area contributed by atoms with E-state index in [0.29, 0.717) is 92.7 Å². The minimum atomic E-state index is -1.12. The van der Waals surface area contributed by atoms with Gasteiger partial charge in [0.05, 0.1) is 46.4 Å². The molecule has 7 aliphatic rings. The van der Waals surface area contributed by atoms with E-state index in [1.807, 2.05) is 16.6 Å². The highest BCUT2D eigenvalue weighted by atomic mass is 19.2. The maximum Gasteiger partial charge on any atom is 0.409 e. The van der Waals surface area contributed by atoms with Crippen LogP contribution < -0.4 is 24.6 Å². The summed E-state index contributed by atoms with van der Waals surface area (Å²) in [5, 5.41) is 8.78. The minimum absolute atomic E-state index is 0.0121. The van der Waals surface area contributed by atoms with E-state index in [1.54, 1.807) is 6.07 Å². The van der Waals surface area contributed by atoms with Gasteiger partial charge in [0, 0.05) is 88.0 Å². The van der Waals surface area contributed by atoms with Crippen LogP contribution in [0.25, 0.3) is 43.8 Å². The summed E-state index contributed by atoms with van der Waals surface area (Å²) in [6.45, 7) is 6.19. The lowest BCUT2D eigenvalue weighted by Gasteiger charge is -2.37. The number of halogens is 3. The fourth-order valence-electron chi connectivity index (χ4n) is 14.4. The van der Waals surface area contributed by atoms with Crippen LogP contribution >= 0.6 is 0 Å². The maximum absolute atomic E-state index is 17.6. The van der Waals surface area contributed by atoms with Gasteiger partial charge in [-0.1, -0.05) is 6.07 Å². The quantitative estimate of drug-likeness (QED) is 0.0857. The molecule has 6 aromatic rings. The van der Waals surface area contributed by atoms with Crippen molar-refractivity contribution in [3.8, 4) is 23.0 Å². The summed E-state index contributed by atoms with van der Waals surface area (Å²) in [5.41, 5.74) is 2.86. The molecule has 3 aromatic carbocycles. The zero-order chi connectivity index (χ0) is 55.5. The number of carbonyl (C=O) groups excluding carboxylic acids is 3. The molecule has 0 spiro atoms. The van der Waals surface area contributed by atoms with Crippen molar-refractivity contribution in [2.45, 2.75) is 113 Å². The molecule has 4 atom stereocenters. The molecule has 0 saturated carbocycles. The highest BCUT2D eigenvalue weighted by Gasteiger charge is 2.50. The molecule has 6 fully saturated rings. The lowest BCUT2D eigenvalue weighted by Crippen LogP contribution is -2.48. The van der Waals surface area contributed by atoms with Crippen molar-refractivity contribution in [1.29, 1.82) is 0 Å². The average Bonchev–Trinajstić information content (AvgIpc) is 4.09. The van der Waals surface area contributed by atoms with Crippen LogP contribution in [0.3, 0.4) is 0 Å². The van der Waals surface area contributed by atoms with Gasteiger partial charge in [0.2, 0.25) is 11.8 Å². The number of benzene rings is 3. The Labute approximate surface area is 467 Å². The molecule has 428 valence electrons. The van der Waals surface area contributed by atoms with E-state index >= 15 is 8.78 Å². The first-order valence-corrected chi connectivity index (χ1v) is 29.1. The monoisotopic (exact) mass is 1110 g/mol. The molecule has 13 rings (SSSR count). The van der Waals surface area contributed by atoms with E-state index in [2.05, 4.69) is 38.2 Å². The van der Waals surface area contributed by atoms with Gasteiger partial charge in [0.25, 0.3) is 0 Å². The van der Waals surface area contributed by atoms with Crippen LogP contribution in [0.4, 0.5) is 29.5 Å². The molecule has 3 aromatic heterocycles. The molecule has 6 saturated heterocycles. The number of fused-ring (bicyclic) bond motifs is 5. The lowest BCUT2D eigenvalue weighted by molar-refractivity contribution is -0.134. The summed E-state index contributed by atoms with van der Waals surface area (Å²) in [6.07, 6.45) is 11.1. The third kappa shape index (κ3) is 10.1. The Hall–Kier alpha value is -6.84. The second-order valence-corrected chi connectivity index (χ2v) is 23.5. The highest BCUT2D eigenvalue weighted by Crippen LogP contribution is 2.46. The number of pyridine rings is 1. The van der Waals surface area contributed by atoms with Crippen LogP contribution in [0.1, 0.15) is 101 Å². The fourth-order valence-corrected chi connectivity index (χ4v) is 14.4. The van der Waals surface area contributed by atoms with Gasteiger partial charge in [-0.05, 0) is 144 Å². The Morgan fingerprint density at radius 3 is 2.48 bits per heavy atom. The number of nitrogens with zero attached hydrogens (tertiary/aromatic N) is 9. The van der Waals surface area contributed by atoms with Crippen molar-refractivity contribution >= 4 is 62.0 Å². The van der Waals surface area contributed by atoms with Crippen LogP contribution in [0.2, 0.25) is 0 Å². The molecule has 18 nitrogen and oxygen atoms in total. The number of methoxy groups -OCH3 is 1. The van der Waals surface area contributed by atoms with Gasteiger partial charge in [-0.25, -0.2) is 22.9 Å². The molecule has 0 radical (unpaired) electrons. The van der Waals surface area contributed by atoms with E-state index in [4.69, 9.17) is 43.7 Å². The molecule has 0 bridgehead atoms. The van der Waals surface area contributed by atoms with Gasteiger partial charge in [0.1, 0.15) is 36.0 Å². The Morgan fingerprint density at radius 1 is 0.840 bits per heavy atom. The third-order valence-corrected chi connectivity index (χ3v) is 18.7. The Bertz CT molecular complexity index is 3420. The summed E-state index contributed by atoms with van der Waals surface area (Å²) >= 11 is 0. The molecule has 21 heteroatoms.